The first-order chi connectivity index (χ1) is 12.9. The summed E-state index contributed by atoms with van der Waals surface area (Å²) in [5.41, 5.74) is 0.714. The molecule has 1 amide bonds. The molecule has 3 rings (SSSR count). The lowest BCUT2D eigenvalue weighted by molar-refractivity contribution is -0.139. The number of pyridine rings is 1. The molecule has 1 atom stereocenters. The summed E-state index contributed by atoms with van der Waals surface area (Å²) in [6, 6.07) is 8.46. The number of rotatable bonds is 5. The Morgan fingerprint density at radius 1 is 1.26 bits per heavy atom. The zero-order valence-electron chi connectivity index (χ0n) is 14.7. The summed E-state index contributed by atoms with van der Waals surface area (Å²) < 4.78 is 6.34. The quantitative estimate of drug-likeness (QED) is 0.708. The van der Waals surface area contributed by atoms with Crippen molar-refractivity contribution in [2.24, 2.45) is 0 Å². The number of carboxylic acid groups (broad SMARTS) is 1. The number of aryl methyl sites for hydroxylation is 1. The summed E-state index contributed by atoms with van der Waals surface area (Å²) in [7, 11) is 1.46. The minimum absolute atomic E-state index is 0.243. The highest BCUT2D eigenvalue weighted by atomic mass is 16.5. The molecule has 0 aliphatic heterocycles. The van der Waals surface area contributed by atoms with E-state index in [2.05, 4.69) is 10.3 Å². The molecule has 0 bridgehead atoms. The molecule has 27 heavy (non-hydrogen) atoms. The van der Waals surface area contributed by atoms with Gasteiger partial charge in [0, 0.05) is 12.4 Å². The first-order valence-electron chi connectivity index (χ1n) is 8.07. The van der Waals surface area contributed by atoms with Crippen LogP contribution >= 0.6 is 0 Å². The molecule has 0 aliphatic carbocycles. The van der Waals surface area contributed by atoms with Crippen molar-refractivity contribution in [1.82, 2.24) is 14.7 Å². The normalized spacial score (nSPS) is 11.8. The average molecular weight is 367 g/mol. The van der Waals surface area contributed by atoms with Gasteiger partial charge >= 0.3 is 5.97 Å². The van der Waals surface area contributed by atoms with E-state index in [1.54, 1.807) is 37.3 Å². The Bertz CT molecular complexity index is 1090. The van der Waals surface area contributed by atoms with Gasteiger partial charge in [0.25, 0.3) is 11.5 Å². The summed E-state index contributed by atoms with van der Waals surface area (Å²) in [5, 5.41) is 11.9. The maximum atomic E-state index is 12.6. The largest absolute Gasteiger partial charge is 0.497 e. The molecule has 3 aromatic rings. The van der Waals surface area contributed by atoms with E-state index in [0.717, 1.165) is 11.8 Å². The maximum absolute atomic E-state index is 12.6. The first-order valence-corrected chi connectivity index (χ1v) is 8.07. The van der Waals surface area contributed by atoms with E-state index in [4.69, 9.17) is 4.74 Å². The SMILES string of the molecule is COc1cccc(C(NC(=O)c2cnc3c(C)cccn3c2=O)C(=O)O)c1. The third-order valence-corrected chi connectivity index (χ3v) is 4.12. The van der Waals surface area contributed by atoms with Crippen molar-refractivity contribution in [3.63, 3.8) is 0 Å². The minimum atomic E-state index is -1.34. The third kappa shape index (κ3) is 3.50. The average Bonchev–Trinajstić information content (AvgIpc) is 2.66. The first kappa shape index (κ1) is 18.1. The molecule has 0 saturated heterocycles. The monoisotopic (exact) mass is 367 g/mol. The van der Waals surface area contributed by atoms with Crippen LogP contribution in [0.2, 0.25) is 0 Å². The van der Waals surface area contributed by atoms with E-state index in [9.17, 15) is 19.5 Å². The molecule has 2 heterocycles. The van der Waals surface area contributed by atoms with Crippen molar-refractivity contribution in [2.75, 3.05) is 7.11 Å². The van der Waals surface area contributed by atoms with Crippen LogP contribution in [0.1, 0.15) is 27.5 Å². The topological polar surface area (TPSA) is 110 Å². The highest BCUT2D eigenvalue weighted by Gasteiger charge is 2.25. The van der Waals surface area contributed by atoms with Crippen molar-refractivity contribution in [1.29, 1.82) is 0 Å². The van der Waals surface area contributed by atoms with E-state index in [1.807, 2.05) is 0 Å². The Balaban J connectivity index is 1.97. The van der Waals surface area contributed by atoms with E-state index < -0.39 is 23.5 Å². The molecule has 0 fully saturated rings. The lowest BCUT2D eigenvalue weighted by atomic mass is 10.1. The lowest BCUT2D eigenvalue weighted by Crippen LogP contribution is -2.37. The number of fused-ring (bicyclic) bond motifs is 1. The van der Waals surface area contributed by atoms with E-state index >= 15 is 0 Å². The number of methoxy groups -OCH3 is 1. The van der Waals surface area contributed by atoms with Crippen LogP contribution in [0.4, 0.5) is 0 Å². The fraction of sp³-hybridized carbons (Fsp3) is 0.158. The zero-order valence-corrected chi connectivity index (χ0v) is 14.7. The number of hydrogen-bond acceptors (Lipinski definition) is 5. The Hall–Kier alpha value is -3.68. The number of carbonyl (C=O) groups is 2. The predicted octanol–water partition coefficient (Wildman–Crippen LogP) is 1.57. The number of amides is 1. The zero-order chi connectivity index (χ0) is 19.6. The number of nitrogens with one attached hydrogen (secondary N) is 1. The van der Waals surface area contributed by atoms with Crippen LogP contribution in [-0.2, 0) is 4.79 Å². The second-order valence-corrected chi connectivity index (χ2v) is 5.88. The molecule has 8 nitrogen and oxygen atoms in total. The second-order valence-electron chi connectivity index (χ2n) is 5.88. The number of hydrogen-bond donors (Lipinski definition) is 2. The Morgan fingerprint density at radius 3 is 2.74 bits per heavy atom. The van der Waals surface area contributed by atoms with Crippen LogP contribution in [0.3, 0.4) is 0 Å². The number of benzene rings is 1. The fourth-order valence-corrected chi connectivity index (χ4v) is 2.72. The smallest absolute Gasteiger partial charge is 0.330 e. The molecule has 2 N–H and O–H groups in total. The molecule has 8 heteroatoms. The van der Waals surface area contributed by atoms with Gasteiger partial charge in [-0.1, -0.05) is 18.2 Å². The van der Waals surface area contributed by atoms with E-state index in [1.165, 1.54) is 23.8 Å². The van der Waals surface area contributed by atoms with Crippen LogP contribution < -0.4 is 15.6 Å². The van der Waals surface area contributed by atoms with Crippen LogP contribution in [0, 0.1) is 6.92 Å². The van der Waals surface area contributed by atoms with Gasteiger partial charge in [0.05, 0.1) is 7.11 Å². The maximum Gasteiger partial charge on any atom is 0.330 e. The summed E-state index contributed by atoms with van der Waals surface area (Å²) in [4.78, 5) is 41.0. The van der Waals surface area contributed by atoms with Crippen molar-refractivity contribution in [3.8, 4) is 5.75 Å². The van der Waals surface area contributed by atoms with Crippen molar-refractivity contribution in [3.05, 3.63) is 75.8 Å². The summed E-state index contributed by atoms with van der Waals surface area (Å²) in [5.74, 6) is -1.63. The number of aliphatic carboxylic acids is 1. The van der Waals surface area contributed by atoms with Gasteiger partial charge in [0.2, 0.25) is 0 Å². The Morgan fingerprint density at radius 2 is 2.04 bits per heavy atom. The van der Waals surface area contributed by atoms with Crippen LogP contribution in [0.5, 0.6) is 5.75 Å². The van der Waals surface area contributed by atoms with Gasteiger partial charge in [-0.3, -0.25) is 14.0 Å². The molecule has 2 aromatic heterocycles. The van der Waals surface area contributed by atoms with Gasteiger partial charge < -0.3 is 15.2 Å². The van der Waals surface area contributed by atoms with Crippen molar-refractivity contribution < 1.29 is 19.4 Å². The van der Waals surface area contributed by atoms with Crippen molar-refractivity contribution >= 4 is 17.5 Å². The van der Waals surface area contributed by atoms with E-state index in [-0.39, 0.29) is 5.56 Å². The van der Waals surface area contributed by atoms with Gasteiger partial charge in [-0.15, -0.1) is 0 Å². The number of ether oxygens (including phenoxy) is 1. The molecule has 0 spiro atoms. The highest BCUT2D eigenvalue weighted by molar-refractivity contribution is 5.96. The second kappa shape index (κ2) is 7.28. The predicted molar refractivity (Wildman–Crippen MR) is 97.0 cm³/mol. The minimum Gasteiger partial charge on any atom is -0.497 e. The molecular formula is C19H17N3O5. The lowest BCUT2D eigenvalue weighted by Gasteiger charge is -2.15. The van der Waals surface area contributed by atoms with Gasteiger partial charge in [0.1, 0.15) is 17.0 Å². The van der Waals surface area contributed by atoms with Crippen LogP contribution in [0.15, 0.2) is 53.6 Å². The van der Waals surface area contributed by atoms with Crippen LogP contribution in [0.25, 0.3) is 5.65 Å². The highest BCUT2D eigenvalue weighted by Crippen LogP contribution is 2.20. The Kier molecular flexibility index (Phi) is 4.89. The summed E-state index contributed by atoms with van der Waals surface area (Å²) >= 11 is 0. The van der Waals surface area contributed by atoms with Gasteiger partial charge in [0.15, 0.2) is 6.04 Å². The molecular weight excluding hydrogens is 350 g/mol. The number of aromatic nitrogens is 2. The molecule has 0 radical (unpaired) electrons. The summed E-state index contributed by atoms with van der Waals surface area (Å²) in [6.07, 6.45) is 2.66. The number of carbonyl (C=O) groups excluding carboxylic acids is 1. The van der Waals surface area contributed by atoms with Gasteiger partial charge in [-0.05, 0) is 36.2 Å². The molecule has 138 valence electrons. The number of nitrogens with zero attached hydrogens (tertiary/aromatic N) is 2. The standard InChI is InChI=1S/C19H17N3O5/c1-11-5-4-8-22-16(11)20-10-14(18(22)24)17(23)21-15(19(25)26)12-6-3-7-13(9-12)27-2/h3-10,15H,1-2H3,(H,21,23)(H,25,26). The van der Waals surface area contributed by atoms with Gasteiger partial charge in [-0.2, -0.15) is 0 Å². The molecule has 1 unspecified atom stereocenters. The fourth-order valence-electron chi connectivity index (χ4n) is 2.72. The molecule has 0 aliphatic rings. The molecule has 1 aromatic carbocycles. The van der Waals surface area contributed by atoms with E-state index in [0.29, 0.717) is 17.0 Å². The van der Waals surface area contributed by atoms with Crippen LogP contribution in [-0.4, -0.2) is 33.5 Å². The molecule has 0 saturated carbocycles. The summed E-state index contributed by atoms with van der Waals surface area (Å²) in [6.45, 7) is 1.80. The Labute approximate surface area is 154 Å². The van der Waals surface area contributed by atoms with Gasteiger partial charge in [-0.25, -0.2) is 9.78 Å². The van der Waals surface area contributed by atoms with Crippen molar-refractivity contribution in [2.45, 2.75) is 13.0 Å². The number of carboxylic acids is 1. The third-order valence-electron chi connectivity index (χ3n) is 4.12.